The van der Waals surface area contributed by atoms with Gasteiger partial charge in [-0.1, -0.05) is 6.92 Å². The number of hydrogen-bond acceptors (Lipinski definition) is 4. The Kier molecular flexibility index (Phi) is 4.92. The largest absolute Gasteiger partial charge is 0.368 e. The molecule has 2 aliphatic rings. The third-order valence-electron chi connectivity index (χ3n) is 4.07. The highest BCUT2D eigenvalue weighted by atomic mass is 32.2. The maximum Gasteiger partial charge on any atom is 0.254 e. The van der Waals surface area contributed by atoms with Crippen molar-refractivity contribution in [3.05, 3.63) is 0 Å². The molecule has 2 saturated heterocycles. The molecular weight excluding hydrogens is 248 g/mol. The van der Waals surface area contributed by atoms with Crippen LogP contribution in [0, 0.1) is 0 Å². The van der Waals surface area contributed by atoms with E-state index in [1.54, 1.807) is 7.11 Å². The third-order valence-corrected chi connectivity index (χ3v) is 5.45. The Balaban J connectivity index is 2.04. The van der Waals surface area contributed by atoms with Crippen LogP contribution in [-0.2, 0) is 9.53 Å². The summed E-state index contributed by atoms with van der Waals surface area (Å²) in [4.78, 5) is 14.8. The van der Waals surface area contributed by atoms with Gasteiger partial charge < -0.3 is 15.0 Å². The number of hydrogen-bond donors (Lipinski definition) is 1. The number of carbonyl (C=O) groups is 1. The lowest BCUT2D eigenvalue weighted by Gasteiger charge is -2.41. The second kappa shape index (κ2) is 6.26. The second-order valence-corrected chi connectivity index (χ2v) is 6.51. The van der Waals surface area contributed by atoms with E-state index >= 15 is 0 Å². The Hall–Kier alpha value is -0.260. The third kappa shape index (κ3) is 2.83. The van der Waals surface area contributed by atoms with Crippen LogP contribution in [0.1, 0.15) is 26.2 Å². The highest BCUT2D eigenvalue weighted by Crippen LogP contribution is 2.28. The summed E-state index contributed by atoms with van der Waals surface area (Å²) in [6, 6.07) is 0. The van der Waals surface area contributed by atoms with Crippen LogP contribution in [0.3, 0.4) is 0 Å². The summed E-state index contributed by atoms with van der Waals surface area (Å²) in [6.07, 6.45) is 2.72. The summed E-state index contributed by atoms with van der Waals surface area (Å²) >= 11 is 1.99. The molecule has 104 valence electrons. The molecule has 1 atom stereocenters. The topological polar surface area (TPSA) is 41.6 Å². The molecule has 0 spiro atoms. The van der Waals surface area contributed by atoms with Crippen molar-refractivity contribution in [1.82, 2.24) is 10.2 Å². The zero-order valence-electron chi connectivity index (χ0n) is 11.4. The number of methoxy groups -OCH3 is 1. The molecule has 0 bridgehead atoms. The maximum atomic E-state index is 12.7. The van der Waals surface area contributed by atoms with Gasteiger partial charge in [-0.15, -0.1) is 0 Å². The molecular formula is C13H24N2O2S. The standard InChI is InChI=1S/C13H24N2O2S/c1-3-11-10-15(8-9-18-11)12(16)13(17-2)4-6-14-7-5-13/h11,14H,3-10H2,1-2H3. The average molecular weight is 272 g/mol. The molecule has 0 saturated carbocycles. The smallest absolute Gasteiger partial charge is 0.254 e. The van der Waals surface area contributed by atoms with Crippen LogP contribution < -0.4 is 5.32 Å². The Morgan fingerprint density at radius 3 is 2.83 bits per heavy atom. The summed E-state index contributed by atoms with van der Waals surface area (Å²) < 4.78 is 5.62. The molecule has 0 aliphatic carbocycles. The van der Waals surface area contributed by atoms with E-state index in [0.717, 1.165) is 51.2 Å². The molecule has 2 aliphatic heterocycles. The first-order chi connectivity index (χ1) is 8.72. The molecule has 2 rings (SSSR count). The molecule has 2 fully saturated rings. The monoisotopic (exact) mass is 272 g/mol. The van der Waals surface area contributed by atoms with E-state index < -0.39 is 5.60 Å². The summed E-state index contributed by atoms with van der Waals surface area (Å²) in [6.45, 7) is 5.71. The van der Waals surface area contributed by atoms with Crippen LogP contribution in [0.15, 0.2) is 0 Å². The van der Waals surface area contributed by atoms with Crippen molar-refractivity contribution in [3.8, 4) is 0 Å². The van der Waals surface area contributed by atoms with Crippen LogP contribution in [0.4, 0.5) is 0 Å². The van der Waals surface area contributed by atoms with E-state index in [-0.39, 0.29) is 5.91 Å². The Labute approximate surface area is 114 Å². The van der Waals surface area contributed by atoms with E-state index in [2.05, 4.69) is 12.2 Å². The predicted octanol–water partition coefficient (Wildman–Crippen LogP) is 1.11. The van der Waals surface area contributed by atoms with Gasteiger partial charge >= 0.3 is 0 Å². The zero-order valence-corrected chi connectivity index (χ0v) is 12.2. The van der Waals surface area contributed by atoms with Crippen molar-refractivity contribution in [2.45, 2.75) is 37.0 Å². The lowest BCUT2D eigenvalue weighted by Crippen LogP contribution is -2.57. The van der Waals surface area contributed by atoms with Crippen LogP contribution in [0.25, 0.3) is 0 Å². The predicted molar refractivity (Wildman–Crippen MR) is 75.0 cm³/mol. The first kappa shape index (κ1) is 14.2. The lowest BCUT2D eigenvalue weighted by molar-refractivity contribution is -0.158. The van der Waals surface area contributed by atoms with Gasteiger partial charge in [-0.3, -0.25) is 4.79 Å². The van der Waals surface area contributed by atoms with E-state index in [1.165, 1.54) is 0 Å². The lowest BCUT2D eigenvalue weighted by atomic mass is 9.90. The average Bonchev–Trinajstić information content (AvgIpc) is 2.47. The fourth-order valence-corrected chi connectivity index (χ4v) is 3.96. The summed E-state index contributed by atoms with van der Waals surface area (Å²) in [5.41, 5.74) is -0.564. The van der Waals surface area contributed by atoms with E-state index in [4.69, 9.17) is 4.74 Å². The molecule has 5 heteroatoms. The van der Waals surface area contributed by atoms with Crippen molar-refractivity contribution < 1.29 is 9.53 Å². The van der Waals surface area contributed by atoms with Gasteiger partial charge in [-0.2, -0.15) is 11.8 Å². The number of amides is 1. The first-order valence-electron chi connectivity index (χ1n) is 6.88. The highest BCUT2D eigenvalue weighted by Gasteiger charge is 2.43. The van der Waals surface area contributed by atoms with Gasteiger partial charge in [-0.05, 0) is 32.4 Å². The Morgan fingerprint density at radius 2 is 2.22 bits per heavy atom. The fraction of sp³-hybridized carbons (Fsp3) is 0.923. The van der Waals surface area contributed by atoms with E-state index in [1.807, 2.05) is 16.7 Å². The molecule has 2 heterocycles. The minimum atomic E-state index is -0.564. The number of ether oxygens (including phenoxy) is 1. The number of rotatable bonds is 3. The van der Waals surface area contributed by atoms with Gasteiger partial charge in [0, 0.05) is 31.2 Å². The molecule has 1 amide bonds. The number of carbonyl (C=O) groups excluding carboxylic acids is 1. The van der Waals surface area contributed by atoms with Crippen molar-refractivity contribution in [2.24, 2.45) is 0 Å². The molecule has 1 unspecified atom stereocenters. The fourth-order valence-electron chi connectivity index (χ4n) is 2.77. The van der Waals surface area contributed by atoms with Crippen LogP contribution in [0.2, 0.25) is 0 Å². The molecule has 0 aromatic carbocycles. The van der Waals surface area contributed by atoms with Crippen molar-refractivity contribution in [3.63, 3.8) is 0 Å². The van der Waals surface area contributed by atoms with Gasteiger partial charge in [0.1, 0.15) is 5.60 Å². The van der Waals surface area contributed by atoms with Gasteiger partial charge in [0.15, 0.2) is 0 Å². The SMILES string of the molecule is CCC1CN(C(=O)C2(OC)CCNCC2)CCS1. The van der Waals surface area contributed by atoms with Crippen molar-refractivity contribution >= 4 is 17.7 Å². The molecule has 0 aromatic rings. The number of piperidine rings is 1. The normalized spacial score (nSPS) is 28.1. The highest BCUT2D eigenvalue weighted by molar-refractivity contribution is 8.00. The molecule has 4 nitrogen and oxygen atoms in total. The second-order valence-electron chi connectivity index (χ2n) is 5.10. The number of nitrogens with zero attached hydrogens (tertiary/aromatic N) is 1. The minimum absolute atomic E-state index is 0.213. The Bertz CT molecular complexity index is 293. The van der Waals surface area contributed by atoms with Gasteiger partial charge in [0.2, 0.25) is 0 Å². The van der Waals surface area contributed by atoms with E-state index in [9.17, 15) is 4.79 Å². The van der Waals surface area contributed by atoms with Crippen LogP contribution >= 0.6 is 11.8 Å². The summed E-state index contributed by atoms with van der Waals surface area (Å²) in [5.74, 6) is 1.27. The summed E-state index contributed by atoms with van der Waals surface area (Å²) in [7, 11) is 1.68. The minimum Gasteiger partial charge on any atom is -0.368 e. The first-order valence-corrected chi connectivity index (χ1v) is 7.93. The zero-order chi connectivity index (χ0) is 13.0. The van der Waals surface area contributed by atoms with Crippen molar-refractivity contribution in [2.75, 3.05) is 39.0 Å². The van der Waals surface area contributed by atoms with Crippen LogP contribution in [-0.4, -0.2) is 60.7 Å². The Morgan fingerprint density at radius 1 is 1.50 bits per heavy atom. The van der Waals surface area contributed by atoms with Gasteiger partial charge in [0.05, 0.1) is 0 Å². The van der Waals surface area contributed by atoms with Gasteiger partial charge in [0.25, 0.3) is 5.91 Å². The quantitative estimate of drug-likeness (QED) is 0.835. The number of thioether (sulfide) groups is 1. The van der Waals surface area contributed by atoms with E-state index in [0.29, 0.717) is 5.25 Å². The molecule has 18 heavy (non-hydrogen) atoms. The van der Waals surface area contributed by atoms with Crippen LogP contribution in [0.5, 0.6) is 0 Å². The molecule has 0 radical (unpaired) electrons. The molecule has 0 aromatic heterocycles. The summed E-state index contributed by atoms with van der Waals surface area (Å²) in [5, 5.41) is 3.89. The van der Waals surface area contributed by atoms with Gasteiger partial charge in [-0.25, -0.2) is 0 Å². The molecule has 1 N–H and O–H groups in total. The number of nitrogens with one attached hydrogen (secondary N) is 1. The maximum absolute atomic E-state index is 12.7. The van der Waals surface area contributed by atoms with Crippen molar-refractivity contribution in [1.29, 1.82) is 0 Å².